The van der Waals surface area contributed by atoms with E-state index in [1.54, 1.807) is 12.1 Å². The molecule has 0 bridgehead atoms. The van der Waals surface area contributed by atoms with E-state index >= 15 is 0 Å². The first-order chi connectivity index (χ1) is 17.6. The normalized spacial score (nSPS) is 11.1. The summed E-state index contributed by atoms with van der Waals surface area (Å²) >= 11 is 0. The van der Waals surface area contributed by atoms with Crippen LogP contribution in [-0.2, 0) is 12.8 Å². The lowest BCUT2D eigenvalue weighted by Crippen LogP contribution is -2.11. The fourth-order valence-corrected chi connectivity index (χ4v) is 4.55. The quantitative estimate of drug-likeness (QED) is 0.109. The summed E-state index contributed by atoms with van der Waals surface area (Å²) in [6.07, 6.45) is 19.5. The maximum atomic E-state index is 14.6. The molecule has 0 atom stereocenters. The molecule has 2 aromatic carbocycles. The van der Waals surface area contributed by atoms with Gasteiger partial charge in [0.25, 0.3) is 0 Å². The van der Waals surface area contributed by atoms with Crippen molar-refractivity contribution >= 4 is 5.97 Å². The molecule has 0 radical (unpaired) electrons. The summed E-state index contributed by atoms with van der Waals surface area (Å²) in [5.74, 6) is -3.03. The van der Waals surface area contributed by atoms with Crippen LogP contribution in [0.2, 0.25) is 0 Å². The number of esters is 1. The number of ether oxygens (including phenoxy) is 1. The minimum Gasteiger partial charge on any atom is -0.420 e. The topological polar surface area (TPSA) is 26.3 Å². The molecule has 0 aromatic heterocycles. The third-order valence-electron chi connectivity index (χ3n) is 6.89. The fourth-order valence-electron chi connectivity index (χ4n) is 4.55. The van der Waals surface area contributed by atoms with Gasteiger partial charge >= 0.3 is 5.97 Å². The van der Waals surface area contributed by atoms with Gasteiger partial charge in [0, 0.05) is 0 Å². The highest BCUT2D eigenvalue weighted by Gasteiger charge is 2.18. The number of unbranched alkanes of at least 4 members (excludes halogenated alkanes) is 13. The van der Waals surface area contributed by atoms with E-state index in [0.717, 1.165) is 32.1 Å². The van der Waals surface area contributed by atoms with Gasteiger partial charge in [0.1, 0.15) is 0 Å². The number of rotatable bonds is 19. The first-order valence-corrected chi connectivity index (χ1v) is 14.3. The molecule has 0 spiro atoms. The highest BCUT2D eigenvalue weighted by Crippen LogP contribution is 2.25. The predicted octanol–water partition coefficient (Wildman–Crippen LogP) is 10.2. The van der Waals surface area contributed by atoms with Gasteiger partial charge in [-0.25, -0.2) is 9.18 Å². The number of hydrogen-bond acceptors (Lipinski definition) is 2. The van der Waals surface area contributed by atoms with Crippen molar-refractivity contribution in [3.8, 4) is 5.75 Å². The number of halogens is 2. The van der Waals surface area contributed by atoms with Crippen LogP contribution in [0.3, 0.4) is 0 Å². The molecule has 36 heavy (non-hydrogen) atoms. The second-order valence-corrected chi connectivity index (χ2v) is 10.0. The molecule has 0 aliphatic carbocycles. The smallest absolute Gasteiger partial charge is 0.343 e. The van der Waals surface area contributed by atoms with Crippen molar-refractivity contribution in [1.82, 2.24) is 0 Å². The van der Waals surface area contributed by atoms with Gasteiger partial charge in [-0.05, 0) is 55.0 Å². The average Bonchev–Trinajstić information content (AvgIpc) is 2.89. The van der Waals surface area contributed by atoms with Crippen LogP contribution >= 0.6 is 0 Å². The summed E-state index contributed by atoms with van der Waals surface area (Å²) < 4.78 is 34.3. The van der Waals surface area contributed by atoms with Crippen molar-refractivity contribution in [2.24, 2.45) is 0 Å². The van der Waals surface area contributed by atoms with E-state index in [1.807, 2.05) is 12.1 Å². The van der Waals surface area contributed by atoms with Crippen LogP contribution in [0, 0.1) is 11.6 Å². The summed E-state index contributed by atoms with van der Waals surface area (Å²) in [6.45, 7) is 4.43. The number of carbonyl (C=O) groups excluding carboxylic acids is 1. The van der Waals surface area contributed by atoms with Gasteiger partial charge < -0.3 is 4.74 Å². The monoisotopic (exact) mass is 500 g/mol. The van der Waals surface area contributed by atoms with E-state index in [-0.39, 0.29) is 5.75 Å². The molecule has 0 saturated carbocycles. The van der Waals surface area contributed by atoms with Gasteiger partial charge in [0.15, 0.2) is 11.6 Å². The molecule has 0 saturated heterocycles. The van der Waals surface area contributed by atoms with Crippen LogP contribution in [0.15, 0.2) is 36.4 Å². The summed E-state index contributed by atoms with van der Waals surface area (Å²) in [6, 6.07) is 10.1. The number of carbonyl (C=O) groups is 1. The molecule has 0 amide bonds. The SMILES string of the molecule is CCCCCCCCCCc1ccc(OC(=O)c2ccc(CCCCCCCCC)cc2)c(F)c1F. The lowest BCUT2D eigenvalue weighted by atomic mass is 10.0. The molecule has 2 nitrogen and oxygen atoms in total. The minimum absolute atomic E-state index is 0.334. The van der Waals surface area contributed by atoms with Gasteiger partial charge in [0.2, 0.25) is 5.82 Å². The Kier molecular flexibility index (Phi) is 15.1. The molecule has 0 aliphatic rings. The van der Waals surface area contributed by atoms with Gasteiger partial charge in [-0.1, -0.05) is 116 Å². The first-order valence-electron chi connectivity index (χ1n) is 14.3. The van der Waals surface area contributed by atoms with Crippen molar-refractivity contribution in [3.63, 3.8) is 0 Å². The Bertz CT molecular complexity index is 876. The Morgan fingerprint density at radius 1 is 0.611 bits per heavy atom. The molecule has 0 heterocycles. The zero-order chi connectivity index (χ0) is 26.0. The second kappa shape index (κ2) is 18.1. The van der Waals surface area contributed by atoms with Crippen molar-refractivity contribution in [2.45, 2.75) is 123 Å². The van der Waals surface area contributed by atoms with Crippen LogP contribution in [0.25, 0.3) is 0 Å². The zero-order valence-electron chi connectivity index (χ0n) is 22.6. The number of hydrogen-bond donors (Lipinski definition) is 0. The van der Waals surface area contributed by atoms with Crippen LogP contribution in [-0.4, -0.2) is 5.97 Å². The molecule has 0 N–H and O–H groups in total. The van der Waals surface area contributed by atoms with E-state index in [0.29, 0.717) is 17.5 Å². The average molecular weight is 501 g/mol. The molecular formula is C32H46F2O2. The zero-order valence-corrected chi connectivity index (χ0v) is 22.6. The van der Waals surface area contributed by atoms with E-state index in [2.05, 4.69) is 13.8 Å². The van der Waals surface area contributed by atoms with Crippen molar-refractivity contribution in [3.05, 3.63) is 64.7 Å². The van der Waals surface area contributed by atoms with Crippen molar-refractivity contribution < 1.29 is 18.3 Å². The summed E-state index contributed by atoms with van der Waals surface area (Å²) in [4.78, 5) is 12.5. The number of aryl methyl sites for hydroxylation is 2. The molecular weight excluding hydrogens is 454 g/mol. The largest absolute Gasteiger partial charge is 0.420 e. The van der Waals surface area contributed by atoms with Gasteiger partial charge in [-0.2, -0.15) is 4.39 Å². The lowest BCUT2D eigenvalue weighted by molar-refractivity contribution is 0.0726. The summed E-state index contributed by atoms with van der Waals surface area (Å²) in [7, 11) is 0. The second-order valence-electron chi connectivity index (χ2n) is 10.0. The highest BCUT2D eigenvalue weighted by molar-refractivity contribution is 5.91. The standard InChI is InChI=1S/C32H46F2O2/c1-3-5-7-9-11-13-15-17-19-27-24-25-29(31(34)30(27)33)36-32(35)28-22-20-26(21-23-28)18-16-14-12-10-8-6-4-2/h20-25H,3-19H2,1-2H3. The van der Waals surface area contributed by atoms with Gasteiger partial charge in [-0.3, -0.25) is 0 Å². The maximum Gasteiger partial charge on any atom is 0.343 e. The van der Waals surface area contributed by atoms with E-state index in [9.17, 15) is 13.6 Å². The fraction of sp³-hybridized carbons (Fsp3) is 0.594. The Labute approximate surface area is 217 Å². The molecule has 0 fully saturated rings. The molecule has 200 valence electrons. The van der Waals surface area contributed by atoms with Crippen molar-refractivity contribution in [2.75, 3.05) is 0 Å². The van der Waals surface area contributed by atoms with Crippen LogP contribution in [0.1, 0.15) is 132 Å². The molecule has 2 aromatic rings. The minimum atomic E-state index is -1.09. The van der Waals surface area contributed by atoms with E-state index in [4.69, 9.17) is 4.74 Å². The van der Waals surface area contributed by atoms with Gasteiger partial charge in [-0.15, -0.1) is 0 Å². The number of benzene rings is 2. The summed E-state index contributed by atoms with van der Waals surface area (Å²) in [5.41, 5.74) is 1.84. The first kappa shape index (κ1) is 30.0. The third kappa shape index (κ3) is 11.2. The predicted molar refractivity (Wildman–Crippen MR) is 146 cm³/mol. The Balaban J connectivity index is 1.76. The van der Waals surface area contributed by atoms with Crippen LogP contribution in [0.5, 0.6) is 5.75 Å². The molecule has 0 aliphatic heterocycles. The maximum absolute atomic E-state index is 14.6. The Morgan fingerprint density at radius 3 is 1.67 bits per heavy atom. The van der Waals surface area contributed by atoms with Gasteiger partial charge in [0.05, 0.1) is 5.56 Å². The lowest BCUT2D eigenvalue weighted by Gasteiger charge is -2.10. The summed E-state index contributed by atoms with van der Waals surface area (Å²) in [5, 5.41) is 0. The molecule has 4 heteroatoms. The Hall–Kier alpha value is -2.23. The Morgan fingerprint density at radius 2 is 1.11 bits per heavy atom. The van der Waals surface area contributed by atoms with Crippen molar-refractivity contribution in [1.29, 1.82) is 0 Å². The third-order valence-corrected chi connectivity index (χ3v) is 6.89. The highest BCUT2D eigenvalue weighted by atomic mass is 19.2. The van der Waals surface area contributed by atoms with Crippen LogP contribution < -0.4 is 4.74 Å². The van der Waals surface area contributed by atoms with Crippen LogP contribution in [0.4, 0.5) is 8.78 Å². The van der Waals surface area contributed by atoms with E-state index in [1.165, 1.54) is 88.3 Å². The van der Waals surface area contributed by atoms with E-state index < -0.39 is 17.6 Å². The molecule has 0 unspecified atom stereocenters. The molecule has 2 rings (SSSR count).